The van der Waals surface area contributed by atoms with E-state index in [1.165, 1.54) is 12.1 Å². The minimum atomic E-state index is -0.419. The van der Waals surface area contributed by atoms with Crippen LogP contribution in [0.15, 0.2) is 72.9 Å². The summed E-state index contributed by atoms with van der Waals surface area (Å²) >= 11 is 5.81. The van der Waals surface area contributed by atoms with Gasteiger partial charge in [-0.2, -0.15) is 0 Å². The third-order valence-electron chi connectivity index (χ3n) is 7.52. The number of nitrogens with one attached hydrogen (secondary N) is 2. The normalized spacial score (nSPS) is 16.3. The van der Waals surface area contributed by atoms with Crippen molar-refractivity contribution in [2.24, 2.45) is 0 Å². The fraction of sp³-hybridized carbons (Fsp3) is 0.258. The number of anilines is 1. The fourth-order valence-electron chi connectivity index (χ4n) is 5.49. The van der Waals surface area contributed by atoms with Gasteiger partial charge in [-0.05, 0) is 75.0 Å². The van der Waals surface area contributed by atoms with Gasteiger partial charge >= 0.3 is 0 Å². The van der Waals surface area contributed by atoms with Crippen molar-refractivity contribution in [1.82, 2.24) is 19.8 Å². The fourth-order valence-corrected chi connectivity index (χ4v) is 5.82. The molecule has 42 heavy (non-hydrogen) atoms. The van der Waals surface area contributed by atoms with E-state index < -0.39 is 4.92 Å². The van der Waals surface area contributed by atoms with Gasteiger partial charge in [0.25, 0.3) is 5.69 Å². The monoisotopic (exact) mass is 584 g/mol. The predicted octanol–water partition coefficient (Wildman–Crippen LogP) is 5.72. The number of hydrogen-bond donors (Lipinski definition) is 2. The Balaban J connectivity index is 1.51. The molecule has 1 fully saturated rings. The Morgan fingerprint density at radius 3 is 2.55 bits per heavy atom. The molecule has 0 unspecified atom stereocenters. The van der Waals surface area contributed by atoms with Gasteiger partial charge in [-0.1, -0.05) is 23.8 Å². The maximum atomic E-state index is 12.9. The summed E-state index contributed by atoms with van der Waals surface area (Å²) in [7, 11) is 1.54. The van der Waals surface area contributed by atoms with Crippen molar-refractivity contribution in [3.05, 3.63) is 111 Å². The molecule has 11 heteroatoms. The molecule has 1 saturated heterocycles. The third kappa shape index (κ3) is 5.68. The lowest BCUT2D eigenvalue weighted by Crippen LogP contribution is -2.32. The highest BCUT2D eigenvalue weighted by molar-refractivity contribution is 7.80. The van der Waals surface area contributed by atoms with E-state index in [0.717, 1.165) is 33.9 Å². The number of nitro groups is 1. The molecule has 0 radical (unpaired) electrons. The molecule has 4 aromatic rings. The third-order valence-corrected chi connectivity index (χ3v) is 7.87. The number of benzene rings is 2. The van der Waals surface area contributed by atoms with Gasteiger partial charge in [0.05, 0.1) is 35.5 Å². The van der Waals surface area contributed by atoms with Crippen LogP contribution >= 0.6 is 12.2 Å². The van der Waals surface area contributed by atoms with Gasteiger partial charge in [-0.25, -0.2) is 0 Å². The zero-order valence-electron chi connectivity index (χ0n) is 23.8. The molecule has 3 heterocycles. The molecular formula is C31H32N6O4S. The van der Waals surface area contributed by atoms with Crippen molar-refractivity contribution >= 4 is 34.6 Å². The van der Waals surface area contributed by atoms with Crippen LogP contribution in [0.25, 0.3) is 5.69 Å². The zero-order chi connectivity index (χ0) is 30.0. The van der Waals surface area contributed by atoms with Crippen LogP contribution in [0.4, 0.5) is 11.4 Å². The Kier molecular flexibility index (Phi) is 8.21. The number of carbonyl (C=O) groups is 1. The number of thiocarbonyl (C=S) groups is 1. The first kappa shape index (κ1) is 28.7. The number of methoxy groups -OCH3 is 1. The number of nitro benzene ring substituents is 1. The van der Waals surface area contributed by atoms with Gasteiger partial charge in [0, 0.05) is 48.4 Å². The van der Waals surface area contributed by atoms with Crippen molar-refractivity contribution in [2.75, 3.05) is 19.0 Å². The van der Waals surface area contributed by atoms with Crippen molar-refractivity contribution < 1.29 is 14.5 Å². The van der Waals surface area contributed by atoms with E-state index in [2.05, 4.69) is 21.7 Å². The number of ether oxygens (including phenoxy) is 1. The van der Waals surface area contributed by atoms with Crippen LogP contribution in [-0.4, -0.2) is 44.0 Å². The van der Waals surface area contributed by atoms with Crippen molar-refractivity contribution in [2.45, 2.75) is 39.3 Å². The second-order valence-corrected chi connectivity index (χ2v) is 10.6. The lowest BCUT2D eigenvalue weighted by Gasteiger charge is -2.28. The van der Waals surface area contributed by atoms with Crippen molar-refractivity contribution in [3.63, 3.8) is 0 Å². The second-order valence-electron chi connectivity index (χ2n) is 10.3. The van der Waals surface area contributed by atoms with Gasteiger partial charge in [-0.3, -0.25) is 19.9 Å². The quantitative estimate of drug-likeness (QED) is 0.146. The van der Waals surface area contributed by atoms with Gasteiger partial charge in [0.1, 0.15) is 5.75 Å². The number of non-ortho nitro benzene ring substituents is 1. The van der Waals surface area contributed by atoms with Crippen LogP contribution in [0.2, 0.25) is 0 Å². The largest absolute Gasteiger partial charge is 0.495 e. The standard InChI is InChI=1S/C31H32N6O4S/c1-19-8-10-22(11-9-19)33-28(38)14-16-35-30(29(34-31(35)42)25-7-5-6-15-32-25)24-17-20(2)36(21(24)3)26-18-23(37(39)40)12-13-27(26)41-4/h5-13,15,17-18,29-30H,14,16H2,1-4H3,(H,33,38)(H,34,42)/t29-,30+/m1/s1. The molecule has 2 aromatic heterocycles. The molecular weight excluding hydrogens is 552 g/mol. The van der Waals surface area contributed by atoms with Gasteiger partial charge in [-0.15, -0.1) is 0 Å². The molecule has 0 aliphatic carbocycles. The van der Waals surface area contributed by atoms with E-state index in [0.29, 0.717) is 23.1 Å². The van der Waals surface area contributed by atoms with Crippen molar-refractivity contribution in [3.8, 4) is 11.4 Å². The minimum Gasteiger partial charge on any atom is -0.495 e. The van der Waals surface area contributed by atoms with Gasteiger partial charge in [0.2, 0.25) is 5.91 Å². The van der Waals surface area contributed by atoms with Crippen LogP contribution < -0.4 is 15.4 Å². The minimum absolute atomic E-state index is 0.0314. The van der Waals surface area contributed by atoms with E-state index in [1.807, 2.05) is 72.7 Å². The molecule has 1 aliphatic rings. The highest BCUT2D eigenvalue weighted by Gasteiger charge is 2.41. The van der Waals surface area contributed by atoms with E-state index in [4.69, 9.17) is 17.0 Å². The predicted molar refractivity (Wildman–Crippen MR) is 165 cm³/mol. The average molecular weight is 585 g/mol. The van der Waals surface area contributed by atoms with Crippen molar-refractivity contribution in [1.29, 1.82) is 0 Å². The molecule has 2 N–H and O–H groups in total. The molecule has 2 atom stereocenters. The topological polar surface area (TPSA) is 115 Å². The molecule has 1 amide bonds. The summed E-state index contributed by atoms with van der Waals surface area (Å²) in [6.07, 6.45) is 1.96. The van der Waals surface area contributed by atoms with Gasteiger partial charge < -0.3 is 24.8 Å². The lowest BCUT2D eigenvalue weighted by molar-refractivity contribution is -0.384. The Labute approximate surface area is 249 Å². The number of amides is 1. The summed E-state index contributed by atoms with van der Waals surface area (Å²) in [5.74, 6) is 0.397. The maximum absolute atomic E-state index is 12.9. The summed E-state index contributed by atoms with van der Waals surface area (Å²) in [4.78, 5) is 30.7. The van der Waals surface area contributed by atoms with Gasteiger partial charge in [0.15, 0.2) is 5.11 Å². The summed E-state index contributed by atoms with van der Waals surface area (Å²) in [5, 5.41) is 18.5. The molecule has 0 saturated carbocycles. The number of aromatic nitrogens is 2. The second kappa shape index (κ2) is 12.0. The van der Waals surface area contributed by atoms with E-state index in [-0.39, 0.29) is 30.1 Å². The SMILES string of the molecule is COc1ccc([N+](=O)[O-])cc1-n1c(C)cc([C@H]2[C@@H](c3ccccn3)NC(=S)N2CCC(=O)Nc2ccc(C)cc2)c1C. The van der Waals surface area contributed by atoms with Crippen LogP contribution in [0.3, 0.4) is 0 Å². The van der Waals surface area contributed by atoms with Crippen LogP contribution in [0.1, 0.15) is 46.7 Å². The Morgan fingerprint density at radius 1 is 1.12 bits per heavy atom. The maximum Gasteiger partial charge on any atom is 0.271 e. The number of pyridine rings is 1. The Morgan fingerprint density at radius 2 is 1.88 bits per heavy atom. The number of hydrogen-bond acceptors (Lipinski definition) is 6. The molecule has 2 aromatic carbocycles. The number of nitrogens with zero attached hydrogens (tertiary/aromatic N) is 4. The number of aryl methyl sites for hydroxylation is 2. The Hall–Kier alpha value is -4.77. The number of carbonyl (C=O) groups excluding carboxylic acids is 1. The Bertz CT molecular complexity index is 1640. The highest BCUT2D eigenvalue weighted by Crippen LogP contribution is 2.42. The van der Waals surface area contributed by atoms with E-state index in [1.54, 1.807) is 19.4 Å². The van der Waals surface area contributed by atoms with E-state index >= 15 is 0 Å². The summed E-state index contributed by atoms with van der Waals surface area (Å²) < 4.78 is 7.55. The first-order chi connectivity index (χ1) is 20.2. The molecule has 1 aliphatic heterocycles. The van der Waals surface area contributed by atoms with Crippen LogP contribution in [0, 0.1) is 30.9 Å². The lowest BCUT2D eigenvalue weighted by atomic mass is 9.96. The molecule has 5 rings (SSSR count). The van der Waals surface area contributed by atoms with Crippen LogP contribution in [0.5, 0.6) is 5.75 Å². The molecule has 0 spiro atoms. The summed E-state index contributed by atoms with van der Waals surface area (Å²) in [6, 6.07) is 19.5. The summed E-state index contributed by atoms with van der Waals surface area (Å²) in [6.45, 7) is 6.29. The molecule has 0 bridgehead atoms. The average Bonchev–Trinajstić information content (AvgIpc) is 3.47. The van der Waals surface area contributed by atoms with E-state index in [9.17, 15) is 14.9 Å². The zero-order valence-corrected chi connectivity index (χ0v) is 24.6. The molecule has 10 nitrogen and oxygen atoms in total. The van der Waals surface area contributed by atoms with Crippen LogP contribution in [-0.2, 0) is 4.79 Å². The molecule has 216 valence electrons. The summed E-state index contributed by atoms with van der Waals surface area (Å²) in [5.41, 5.74) is 5.91. The highest BCUT2D eigenvalue weighted by atomic mass is 32.1. The first-order valence-corrected chi connectivity index (χ1v) is 13.9. The number of rotatable bonds is 9. The smallest absolute Gasteiger partial charge is 0.271 e. The first-order valence-electron chi connectivity index (χ1n) is 13.5.